The smallest absolute Gasteiger partial charge is 0.166 e. The summed E-state index contributed by atoms with van der Waals surface area (Å²) >= 11 is 5.60. The second-order valence-electron chi connectivity index (χ2n) is 2.24. The van der Waals surface area contributed by atoms with Gasteiger partial charge in [-0.05, 0) is 17.7 Å². The molecule has 1 rings (SSSR count). The molecule has 0 bridgehead atoms. The van der Waals surface area contributed by atoms with Gasteiger partial charge in [-0.3, -0.25) is 0 Å². The van der Waals surface area contributed by atoms with Crippen molar-refractivity contribution < 1.29 is 14.2 Å². The lowest BCUT2D eigenvalue weighted by Crippen LogP contribution is -1.92. The number of benzene rings is 1. The second kappa shape index (κ2) is 3.74. The third-order valence-corrected chi connectivity index (χ3v) is 1.84. The highest BCUT2D eigenvalue weighted by molar-refractivity contribution is 6.31. The van der Waals surface area contributed by atoms with Crippen LogP contribution in [0.25, 0.3) is 0 Å². The highest BCUT2D eigenvalue weighted by Crippen LogP contribution is 2.25. The van der Waals surface area contributed by atoms with Gasteiger partial charge in [-0.1, -0.05) is 11.6 Å². The predicted octanol–water partition coefficient (Wildman–Crippen LogP) is 1.98. The summed E-state index contributed by atoms with van der Waals surface area (Å²) in [5, 5.41) is 8.97. The van der Waals surface area contributed by atoms with Crippen LogP contribution in [-0.4, -0.2) is 12.2 Å². The van der Waals surface area contributed by atoms with E-state index in [1.54, 1.807) is 0 Å². The van der Waals surface area contributed by atoms with Crippen LogP contribution >= 0.6 is 11.6 Å². The van der Waals surface area contributed by atoms with Crippen LogP contribution < -0.4 is 4.74 Å². The minimum Gasteiger partial charge on any atom is -0.494 e. The van der Waals surface area contributed by atoms with Crippen molar-refractivity contribution in [2.75, 3.05) is 7.11 Å². The summed E-state index contributed by atoms with van der Waals surface area (Å²) in [4.78, 5) is 0. The zero-order chi connectivity index (χ0) is 9.14. The van der Waals surface area contributed by atoms with Crippen molar-refractivity contribution in [3.63, 3.8) is 0 Å². The minimum absolute atomic E-state index is 0.0865. The topological polar surface area (TPSA) is 29.5 Å². The number of methoxy groups -OCH3 is 1. The van der Waals surface area contributed by atoms with Gasteiger partial charge in [0, 0.05) is 5.02 Å². The highest BCUT2D eigenvalue weighted by atomic mass is 35.5. The van der Waals surface area contributed by atoms with Crippen molar-refractivity contribution in [2.24, 2.45) is 0 Å². The summed E-state index contributed by atoms with van der Waals surface area (Å²) in [7, 11) is 1.35. The molecule has 0 radical (unpaired) electrons. The van der Waals surface area contributed by atoms with Crippen LogP contribution in [-0.2, 0) is 6.61 Å². The molecule has 1 aromatic rings. The number of aliphatic hydroxyl groups excluding tert-OH is 1. The molecule has 2 nitrogen and oxygen atoms in total. The number of hydrogen-bond donors (Lipinski definition) is 1. The van der Waals surface area contributed by atoms with E-state index >= 15 is 0 Å². The molecule has 12 heavy (non-hydrogen) atoms. The van der Waals surface area contributed by atoms with E-state index in [1.165, 1.54) is 13.2 Å². The van der Waals surface area contributed by atoms with Crippen molar-refractivity contribution in [3.05, 3.63) is 28.5 Å². The number of halogens is 2. The first kappa shape index (κ1) is 9.29. The molecule has 0 heterocycles. The first-order valence-electron chi connectivity index (χ1n) is 3.31. The quantitative estimate of drug-likeness (QED) is 0.773. The number of hydrogen-bond acceptors (Lipinski definition) is 2. The van der Waals surface area contributed by atoms with Crippen molar-refractivity contribution in [1.29, 1.82) is 0 Å². The molecule has 1 aromatic carbocycles. The van der Waals surface area contributed by atoms with Gasteiger partial charge in [-0.25, -0.2) is 4.39 Å². The Morgan fingerprint density at radius 2 is 2.25 bits per heavy atom. The highest BCUT2D eigenvalue weighted by Gasteiger charge is 2.07. The molecule has 0 amide bonds. The van der Waals surface area contributed by atoms with Crippen molar-refractivity contribution in [1.82, 2.24) is 0 Å². The fourth-order valence-electron chi connectivity index (χ4n) is 0.849. The van der Waals surface area contributed by atoms with Crippen molar-refractivity contribution in [2.45, 2.75) is 6.61 Å². The molecule has 0 saturated carbocycles. The van der Waals surface area contributed by atoms with E-state index in [4.69, 9.17) is 21.4 Å². The van der Waals surface area contributed by atoms with Gasteiger partial charge in [-0.2, -0.15) is 0 Å². The average molecular weight is 191 g/mol. The monoisotopic (exact) mass is 190 g/mol. The molecule has 66 valence electrons. The maximum absolute atomic E-state index is 12.9. The van der Waals surface area contributed by atoms with E-state index in [0.717, 1.165) is 6.07 Å². The zero-order valence-electron chi connectivity index (χ0n) is 6.47. The molecule has 0 aliphatic heterocycles. The molecule has 0 aliphatic carbocycles. The fourth-order valence-corrected chi connectivity index (χ4v) is 1.06. The Hall–Kier alpha value is -0.800. The fraction of sp³-hybridized carbons (Fsp3) is 0.250. The van der Waals surface area contributed by atoms with Crippen molar-refractivity contribution >= 4 is 11.6 Å². The number of ether oxygens (including phenoxy) is 1. The van der Waals surface area contributed by atoms with Crippen LogP contribution in [0.3, 0.4) is 0 Å². The molecule has 0 atom stereocenters. The molecule has 0 aromatic heterocycles. The van der Waals surface area contributed by atoms with Gasteiger partial charge in [0.05, 0.1) is 13.7 Å². The maximum Gasteiger partial charge on any atom is 0.166 e. The second-order valence-corrected chi connectivity index (χ2v) is 2.64. The molecular formula is C8H8ClFO2. The molecule has 0 aliphatic rings. The maximum atomic E-state index is 12.9. The Bertz CT molecular complexity index is 263. The molecule has 0 saturated heterocycles. The summed E-state index contributed by atoms with van der Waals surface area (Å²) in [6, 6.07) is 2.49. The Morgan fingerprint density at radius 3 is 2.75 bits per heavy atom. The lowest BCUT2D eigenvalue weighted by Gasteiger charge is -2.05. The van der Waals surface area contributed by atoms with Crippen LogP contribution in [0.15, 0.2) is 12.1 Å². The molecule has 1 N–H and O–H groups in total. The lowest BCUT2D eigenvalue weighted by molar-refractivity contribution is 0.280. The van der Waals surface area contributed by atoms with E-state index in [0.29, 0.717) is 5.56 Å². The molecule has 0 fully saturated rings. The summed E-state index contributed by atoms with van der Waals surface area (Å²) in [6.07, 6.45) is 0. The van der Waals surface area contributed by atoms with Crippen LogP contribution in [0.2, 0.25) is 5.02 Å². The normalized spacial score (nSPS) is 10.0. The summed E-state index contributed by atoms with van der Waals surface area (Å²) < 4.78 is 17.6. The van der Waals surface area contributed by atoms with Gasteiger partial charge < -0.3 is 9.84 Å². The average Bonchev–Trinajstić information content (AvgIpc) is 2.05. The summed E-state index contributed by atoms with van der Waals surface area (Å²) in [5.74, 6) is -0.442. The molecular weight excluding hydrogens is 183 g/mol. The first-order chi connectivity index (χ1) is 5.69. The third-order valence-electron chi connectivity index (χ3n) is 1.49. The van der Waals surface area contributed by atoms with E-state index in [2.05, 4.69) is 0 Å². The zero-order valence-corrected chi connectivity index (χ0v) is 7.23. The molecule has 0 spiro atoms. The summed E-state index contributed by atoms with van der Waals surface area (Å²) in [6.45, 7) is -0.227. The number of aliphatic hydroxyl groups is 1. The lowest BCUT2D eigenvalue weighted by atomic mass is 10.2. The Balaban J connectivity index is 3.18. The Kier molecular flexibility index (Phi) is 2.89. The van der Waals surface area contributed by atoms with E-state index in [1.807, 2.05) is 0 Å². The summed E-state index contributed by atoms with van der Waals surface area (Å²) in [5.41, 5.74) is 0.454. The van der Waals surface area contributed by atoms with E-state index in [9.17, 15) is 4.39 Å². The van der Waals surface area contributed by atoms with Crippen LogP contribution in [0.4, 0.5) is 4.39 Å². The Morgan fingerprint density at radius 1 is 1.58 bits per heavy atom. The van der Waals surface area contributed by atoms with Gasteiger partial charge in [0.1, 0.15) is 0 Å². The molecule has 4 heteroatoms. The van der Waals surface area contributed by atoms with Gasteiger partial charge in [0.15, 0.2) is 11.6 Å². The molecule has 0 unspecified atom stereocenters. The van der Waals surface area contributed by atoms with Crippen LogP contribution in [0.5, 0.6) is 5.75 Å². The minimum atomic E-state index is -0.528. The van der Waals surface area contributed by atoms with Gasteiger partial charge in [0.25, 0.3) is 0 Å². The standard InChI is InChI=1S/C8H8ClFO2/c1-12-8-2-5(4-11)6(9)3-7(8)10/h2-3,11H,4H2,1H3. The van der Waals surface area contributed by atoms with Gasteiger partial charge in [-0.15, -0.1) is 0 Å². The van der Waals surface area contributed by atoms with E-state index in [-0.39, 0.29) is 17.4 Å². The third kappa shape index (κ3) is 1.68. The SMILES string of the molecule is COc1cc(CO)c(Cl)cc1F. The van der Waals surface area contributed by atoms with Crippen LogP contribution in [0, 0.1) is 5.82 Å². The number of rotatable bonds is 2. The van der Waals surface area contributed by atoms with Crippen molar-refractivity contribution in [3.8, 4) is 5.75 Å². The van der Waals surface area contributed by atoms with Gasteiger partial charge >= 0.3 is 0 Å². The predicted molar refractivity (Wildman–Crippen MR) is 43.9 cm³/mol. The van der Waals surface area contributed by atoms with Crippen LogP contribution in [0.1, 0.15) is 5.56 Å². The largest absolute Gasteiger partial charge is 0.494 e. The van der Waals surface area contributed by atoms with E-state index < -0.39 is 5.82 Å². The Labute approximate surface area is 74.5 Å². The first-order valence-corrected chi connectivity index (χ1v) is 3.69. The van der Waals surface area contributed by atoms with Gasteiger partial charge in [0.2, 0.25) is 0 Å².